The quantitative estimate of drug-likeness (QED) is 0.790. The van der Waals surface area contributed by atoms with Gasteiger partial charge in [0.25, 0.3) is 0 Å². The molecule has 4 nitrogen and oxygen atoms in total. The van der Waals surface area contributed by atoms with Gasteiger partial charge < -0.3 is 14.3 Å². The minimum absolute atomic E-state index is 0.197. The van der Waals surface area contributed by atoms with Gasteiger partial charge in [0.15, 0.2) is 0 Å². The number of para-hydroxylation sites is 1. The monoisotopic (exact) mass is 269 g/mol. The third-order valence-corrected chi connectivity index (χ3v) is 3.73. The summed E-state index contributed by atoms with van der Waals surface area (Å²) < 4.78 is 7.82. The molecule has 2 aromatic heterocycles. The van der Waals surface area contributed by atoms with Gasteiger partial charge in [0, 0.05) is 36.9 Å². The molecule has 0 bridgehead atoms. The molecule has 1 unspecified atom stereocenters. The number of furan rings is 1. The van der Waals surface area contributed by atoms with Crippen molar-refractivity contribution in [1.82, 2.24) is 14.9 Å². The van der Waals surface area contributed by atoms with Crippen LogP contribution in [-0.4, -0.2) is 9.55 Å². The van der Waals surface area contributed by atoms with E-state index in [1.807, 2.05) is 49.1 Å². The Morgan fingerprint density at radius 3 is 2.90 bits per heavy atom. The molecule has 0 saturated carbocycles. The van der Waals surface area contributed by atoms with Crippen molar-refractivity contribution in [2.45, 2.75) is 26.4 Å². The molecule has 3 aromatic rings. The van der Waals surface area contributed by atoms with Crippen molar-refractivity contribution in [2.75, 3.05) is 0 Å². The van der Waals surface area contributed by atoms with E-state index in [0.717, 1.165) is 23.7 Å². The van der Waals surface area contributed by atoms with Crippen molar-refractivity contribution < 1.29 is 4.42 Å². The van der Waals surface area contributed by atoms with Gasteiger partial charge in [0.2, 0.25) is 0 Å². The first-order chi connectivity index (χ1) is 9.66. The number of imidazole rings is 1. The SMILES string of the molecule is Cc1oc2ccccc2c1CNC(C)c1nccn1C. The molecule has 0 radical (unpaired) electrons. The highest BCUT2D eigenvalue weighted by Gasteiger charge is 2.13. The van der Waals surface area contributed by atoms with Crippen molar-refractivity contribution in [1.29, 1.82) is 0 Å². The Labute approximate surface area is 118 Å². The van der Waals surface area contributed by atoms with Crippen LogP contribution in [0.5, 0.6) is 0 Å². The van der Waals surface area contributed by atoms with Gasteiger partial charge in [0.05, 0.1) is 6.04 Å². The number of benzene rings is 1. The summed E-state index contributed by atoms with van der Waals surface area (Å²) in [4.78, 5) is 4.38. The van der Waals surface area contributed by atoms with Gasteiger partial charge in [-0.2, -0.15) is 0 Å². The number of nitrogens with zero attached hydrogens (tertiary/aromatic N) is 2. The van der Waals surface area contributed by atoms with E-state index in [0.29, 0.717) is 0 Å². The molecule has 1 N–H and O–H groups in total. The van der Waals surface area contributed by atoms with Crippen LogP contribution in [0, 0.1) is 6.92 Å². The zero-order valence-electron chi connectivity index (χ0n) is 12.1. The normalized spacial score (nSPS) is 12.9. The second kappa shape index (κ2) is 5.13. The third kappa shape index (κ3) is 2.23. The predicted molar refractivity (Wildman–Crippen MR) is 79.4 cm³/mol. The molecule has 0 fully saturated rings. The Morgan fingerprint density at radius 2 is 2.15 bits per heavy atom. The van der Waals surface area contributed by atoms with E-state index in [9.17, 15) is 0 Å². The van der Waals surface area contributed by atoms with Gasteiger partial charge in [-0.05, 0) is 19.9 Å². The summed E-state index contributed by atoms with van der Waals surface area (Å²) in [5.41, 5.74) is 2.17. The maximum Gasteiger partial charge on any atom is 0.134 e. The summed E-state index contributed by atoms with van der Waals surface area (Å²) in [6, 6.07) is 8.35. The van der Waals surface area contributed by atoms with Crippen LogP contribution in [0.25, 0.3) is 11.0 Å². The fourth-order valence-electron chi connectivity index (χ4n) is 2.58. The minimum atomic E-state index is 0.197. The van der Waals surface area contributed by atoms with Gasteiger partial charge in [-0.25, -0.2) is 4.98 Å². The number of hydrogen-bond donors (Lipinski definition) is 1. The van der Waals surface area contributed by atoms with E-state index in [1.54, 1.807) is 0 Å². The van der Waals surface area contributed by atoms with Crippen LogP contribution in [0.15, 0.2) is 41.1 Å². The van der Waals surface area contributed by atoms with Crippen LogP contribution in [0.1, 0.15) is 30.1 Å². The van der Waals surface area contributed by atoms with Crippen molar-refractivity contribution in [3.63, 3.8) is 0 Å². The Bertz CT molecular complexity index is 726. The highest BCUT2D eigenvalue weighted by Crippen LogP contribution is 2.25. The zero-order chi connectivity index (χ0) is 14.1. The van der Waals surface area contributed by atoms with E-state index in [-0.39, 0.29) is 6.04 Å². The minimum Gasteiger partial charge on any atom is -0.461 e. The molecule has 2 heterocycles. The molecule has 3 rings (SSSR count). The molecule has 0 aliphatic heterocycles. The second-order valence-electron chi connectivity index (χ2n) is 5.13. The van der Waals surface area contributed by atoms with E-state index in [1.165, 1.54) is 10.9 Å². The number of hydrogen-bond acceptors (Lipinski definition) is 3. The van der Waals surface area contributed by atoms with Gasteiger partial charge in [0.1, 0.15) is 17.2 Å². The topological polar surface area (TPSA) is 43.0 Å². The highest BCUT2D eigenvalue weighted by atomic mass is 16.3. The fourth-order valence-corrected chi connectivity index (χ4v) is 2.58. The van der Waals surface area contributed by atoms with E-state index in [4.69, 9.17) is 4.42 Å². The molecule has 0 saturated heterocycles. The Morgan fingerprint density at radius 1 is 1.35 bits per heavy atom. The van der Waals surface area contributed by atoms with E-state index < -0.39 is 0 Å². The molecule has 104 valence electrons. The first kappa shape index (κ1) is 12.9. The molecular weight excluding hydrogens is 250 g/mol. The smallest absolute Gasteiger partial charge is 0.134 e. The van der Waals surface area contributed by atoms with Crippen LogP contribution in [-0.2, 0) is 13.6 Å². The molecule has 4 heteroatoms. The fraction of sp³-hybridized carbons (Fsp3) is 0.312. The summed E-state index contributed by atoms with van der Waals surface area (Å²) in [7, 11) is 2.01. The summed E-state index contributed by atoms with van der Waals surface area (Å²) >= 11 is 0. The highest BCUT2D eigenvalue weighted by molar-refractivity contribution is 5.82. The van der Waals surface area contributed by atoms with Crippen molar-refractivity contribution in [3.8, 4) is 0 Å². The standard InChI is InChI=1S/C16H19N3O/c1-11(16-17-8-9-19(16)3)18-10-14-12(2)20-15-7-5-4-6-13(14)15/h4-9,11,18H,10H2,1-3H3. The maximum atomic E-state index is 5.78. The molecule has 20 heavy (non-hydrogen) atoms. The van der Waals surface area contributed by atoms with Crippen LogP contribution in [0.2, 0.25) is 0 Å². The third-order valence-electron chi connectivity index (χ3n) is 3.73. The molecule has 1 aromatic carbocycles. The number of fused-ring (bicyclic) bond motifs is 1. The lowest BCUT2D eigenvalue weighted by Gasteiger charge is -2.13. The van der Waals surface area contributed by atoms with Crippen LogP contribution >= 0.6 is 0 Å². The average Bonchev–Trinajstić information content (AvgIpc) is 2.99. The summed E-state index contributed by atoms with van der Waals surface area (Å²) in [5.74, 6) is 2.01. The second-order valence-corrected chi connectivity index (χ2v) is 5.13. The predicted octanol–water partition coefficient (Wildman–Crippen LogP) is 3.33. The van der Waals surface area contributed by atoms with Crippen LogP contribution in [0.4, 0.5) is 0 Å². The van der Waals surface area contributed by atoms with Gasteiger partial charge in [-0.1, -0.05) is 18.2 Å². The summed E-state index contributed by atoms with van der Waals surface area (Å²) in [6.45, 7) is 4.92. The lowest BCUT2D eigenvalue weighted by atomic mass is 10.1. The summed E-state index contributed by atoms with van der Waals surface area (Å²) in [6.07, 6.45) is 3.79. The van der Waals surface area contributed by atoms with Crippen LogP contribution < -0.4 is 5.32 Å². The zero-order valence-corrected chi connectivity index (χ0v) is 12.1. The van der Waals surface area contributed by atoms with E-state index in [2.05, 4.69) is 23.3 Å². The molecule has 0 spiro atoms. The van der Waals surface area contributed by atoms with Crippen molar-refractivity contribution in [3.05, 3.63) is 53.8 Å². The first-order valence-corrected chi connectivity index (χ1v) is 6.84. The summed E-state index contributed by atoms with van der Waals surface area (Å²) in [5, 5.41) is 4.70. The van der Waals surface area contributed by atoms with Gasteiger partial charge in [-0.3, -0.25) is 0 Å². The first-order valence-electron chi connectivity index (χ1n) is 6.84. The average molecular weight is 269 g/mol. The van der Waals surface area contributed by atoms with Gasteiger partial charge >= 0.3 is 0 Å². The Hall–Kier alpha value is -2.07. The largest absolute Gasteiger partial charge is 0.461 e. The molecule has 0 amide bonds. The Balaban J connectivity index is 1.80. The molecule has 1 atom stereocenters. The number of aromatic nitrogens is 2. The van der Waals surface area contributed by atoms with Crippen molar-refractivity contribution >= 4 is 11.0 Å². The van der Waals surface area contributed by atoms with E-state index >= 15 is 0 Å². The number of rotatable bonds is 4. The Kier molecular flexibility index (Phi) is 3.32. The lowest BCUT2D eigenvalue weighted by molar-refractivity contribution is 0.518. The van der Waals surface area contributed by atoms with Crippen LogP contribution in [0.3, 0.4) is 0 Å². The lowest BCUT2D eigenvalue weighted by Crippen LogP contribution is -2.21. The van der Waals surface area contributed by atoms with Crippen molar-refractivity contribution in [2.24, 2.45) is 7.05 Å². The number of nitrogens with one attached hydrogen (secondary N) is 1. The molecule has 0 aliphatic carbocycles. The number of aryl methyl sites for hydroxylation is 2. The van der Waals surface area contributed by atoms with Gasteiger partial charge in [-0.15, -0.1) is 0 Å². The molecule has 0 aliphatic rings. The molecular formula is C16H19N3O. The maximum absolute atomic E-state index is 5.78.